The van der Waals surface area contributed by atoms with Gasteiger partial charge in [0.25, 0.3) is 0 Å². The summed E-state index contributed by atoms with van der Waals surface area (Å²) in [4.78, 5) is 0. The molecule has 0 saturated heterocycles. The maximum Gasteiger partial charge on any atom is 0.203 e. The van der Waals surface area contributed by atoms with E-state index in [4.69, 9.17) is 24.1 Å². The molecule has 0 aromatic heterocycles. The molecule has 0 aliphatic heterocycles. The van der Waals surface area contributed by atoms with Crippen LogP contribution >= 0.6 is 0 Å². The van der Waals surface area contributed by atoms with Gasteiger partial charge in [-0.3, -0.25) is 0 Å². The second-order valence-electron chi connectivity index (χ2n) is 3.73. The molecule has 0 unspecified atom stereocenters. The Morgan fingerprint density at radius 3 is 2.30 bits per heavy atom. The highest BCUT2D eigenvalue weighted by atomic mass is 16.6. The number of rotatable bonds is 9. The molecule has 0 radical (unpaired) electrons. The predicted molar refractivity (Wildman–Crippen MR) is 77.3 cm³/mol. The quantitative estimate of drug-likeness (QED) is 0.555. The lowest BCUT2D eigenvalue weighted by Crippen LogP contribution is -2.06. The van der Waals surface area contributed by atoms with Gasteiger partial charge in [0, 0.05) is 0 Å². The highest BCUT2D eigenvalue weighted by molar-refractivity contribution is 5.62. The van der Waals surface area contributed by atoms with E-state index in [1.807, 2.05) is 0 Å². The molecular formula is C15H20O5. The van der Waals surface area contributed by atoms with E-state index in [-0.39, 0.29) is 6.61 Å². The van der Waals surface area contributed by atoms with Gasteiger partial charge >= 0.3 is 0 Å². The van der Waals surface area contributed by atoms with Crippen molar-refractivity contribution in [1.29, 1.82) is 0 Å². The molecule has 1 aromatic carbocycles. The van der Waals surface area contributed by atoms with Gasteiger partial charge in [0.15, 0.2) is 11.5 Å². The summed E-state index contributed by atoms with van der Waals surface area (Å²) in [7, 11) is 3.11. The van der Waals surface area contributed by atoms with Crippen LogP contribution in [0.2, 0.25) is 0 Å². The first-order valence-electron chi connectivity index (χ1n) is 6.15. The Morgan fingerprint density at radius 2 is 1.80 bits per heavy atom. The normalized spacial score (nSPS) is 10.3. The van der Waals surface area contributed by atoms with Crippen LogP contribution in [0.1, 0.15) is 5.56 Å². The van der Waals surface area contributed by atoms with Gasteiger partial charge in [0.05, 0.1) is 27.1 Å². The van der Waals surface area contributed by atoms with Crippen molar-refractivity contribution in [1.82, 2.24) is 0 Å². The highest BCUT2D eigenvalue weighted by Crippen LogP contribution is 2.38. The molecule has 5 heteroatoms. The number of aliphatic hydroxyl groups is 1. The molecule has 0 heterocycles. The Hall–Kier alpha value is -2.14. The van der Waals surface area contributed by atoms with E-state index in [9.17, 15) is 0 Å². The molecule has 0 amide bonds. The molecule has 1 N–H and O–H groups in total. The molecule has 0 atom stereocenters. The minimum absolute atomic E-state index is 0.0260. The van der Waals surface area contributed by atoms with Gasteiger partial charge in [0.1, 0.15) is 13.2 Å². The molecule has 0 aliphatic rings. The third kappa shape index (κ3) is 4.51. The molecule has 1 rings (SSSR count). The fraction of sp³-hybridized carbons (Fsp3) is 0.333. The van der Waals surface area contributed by atoms with Crippen LogP contribution in [0.15, 0.2) is 31.0 Å². The van der Waals surface area contributed by atoms with Crippen molar-refractivity contribution < 1.29 is 24.1 Å². The maximum absolute atomic E-state index is 8.81. The number of hydrogen-bond acceptors (Lipinski definition) is 5. The monoisotopic (exact) mass is 280 g/mol. The van der Waals surface area contributed by atoms with Crippen LogP contribution in [-0.4, -0.2) is 39.1 Å². The first-order chi connectivity index (χ1) is 9.76. The highest BCUT2D eigenvalue weighted by Gasteiger charge is 2.13. The number of hydrogen-bond donors (Lipinski definition) is 1. The van der Waals surface area contributed by atoms with E-state index < -0.39 is 0 Å². The minimum atomic E-state index is -0.0260. The van der Waals surface area contributed by atoms with Crippen LogP contribution in [0, 0.1) is 0 Å². The lowest BCUT2D eigenvalue weighted by Gasteiger charge is -2.15. The Kier molecular flexibility index (Phi) is 7.06. The van der Waals surface area contributed by atoms with Crippen molar-refractivity contribution in [2.75, 3.05) is 34.0 Å². The molecule has 0 saturated carbocycles. The molecule has 0 bridgehead atoms. The van der Waals surface area contributed by atoms with Gasteiger partial charge in [-0.2, -0.15) is 0 Å². The van der Waals surface area contributed by atoms with Crippen molar-refractivity contribution >= 4 is 6.08 Å². The van der Waals surface area contributed by atoms with Gasteiger partial charge in [-0.05, 0) is 17.7 Å². The van der Waals surface area contributed by atoms with Gasteiger partial charge in [0.2, 0.25) is 5.75 Å². The Balaban J connectivity index is 2.95. The molecule has 0 spiro atoms. The van der Waals surface area contributed by atoms with Gasteiger partial charge in [-0.1, -0.05) is 18.7 Å². The number of ether oxygens (including phenoxy) is 4. The second kappa shape index (κ2) is 8.87. The van der Waals surface area contributed by atoms with E-state index in [1.165, 1.54) is 6.26 Å². The lowest BCUT2D eigenvalue weighted by atomic mass is 10.1. The smallest absolute Gasteiger partial charge is 0.203 e. The topological polar surface area (TPSA) is 57.2 Å². The molecule has 5 nitrogen and oxygen atoms in total. The average molecular weight is 280 g/mol. The van der Waals surface area contributed by atoms with Crippen molar-refractivity contribution in [2.45, 2.75) is 0 Å². The first kappa shape index (κ1) is 15.9. The van der Waals surface area contributed by atoms with E-state index >= 15 is 0 Å². The summed E-state index contributed by atoms with van der Waals surface area (Å²) in [6, 6.07) is 3.61. The van der Waals surface area contributed by atoms with E-state index in [0.29, 0.717) is 30.5 Å². The fourth-order valence-electron chi connectivity index (χ4n) is 1.60. The molecule has 0 fully saturated rings. The van der Waals surface area contributed by atoms with Crippen molar-refractivity contribution in [3.63, 3.8) is 0 Å². The third-order valence-corrected chi connectivity index (χ3v) is 2.46. The summed E-state index contributed by atoms with van der Waals surface area (Å²) in [5, 5.41) is 8.81. The zero-order valence-electron chi connectivity index (χ0n) is 11.8. The minimum Gasteiger partial charge on any atom is -0.498 e. The predicted octanol–water partition coefficient (Wildman–Crippen LogP) is 2.25. The summed E-state index contributed by atoms with van der Waals surface area (Å²) in [6.45, 7) is 4.17. The van der Waals surface area contributed by atoms with Crippen LogP contribution in [-0.2, 0) is 4.74 Å². The van der Waals surface area contributed by atoms with Crippen LogP contribution < -0.4 is 14.2 Å². The SMILES string of the molecule is C=COCCOc1c(OC)cc(C=CCO)cc1OC. The van der Waals surface area contributed by atoms with Crippen molar-refractivity contribution in [3.8, 4) is 17.2 Å². The van der Waals surface area contributed by atoms with Crippen molar-refractivity contribution in [2.24, 2.45) is 0 Å². The summed E-state index contributed by atoms with van der Waals surface area (Å²) in [5.41, 5.74) is 0.849. The van der Waals surface area contributed by atoms with Gasteiger partial charge in [-0.15, -0.1) is 0 Å². The fourth-order valence-corrected chi connectivity index (χ4v) is 1.60. The van der Waals surface area contributed by atoms with Crippen LogP contribution in [0.4, 0.5) is 0 Å². The zero-order valence-corrected chi connectivity index (χ0v) is 11.8. The average Bonchev–Trinajstić information content (AvgIpc) is 2.49. The molecule has 1 aromatic rings. The first-order valence-corrected chi connectivity index (χ1v) is 6.15. The van der Waals surface area contributed by atoms with Crippen molar-refractivity contribution in [3.05, 3.63) is 36.6 Å². The number of methoxy groups -OCH3 is 2. The number of benzene rings is 1. The van der Waals surface area contributed by atoms with Crippen LogP contribution in [0.5, 0.6) is 17.2 Å². The third-order valence-electron chi connectivity index (χ3n) is 2.46. The largest absolute Gasteiger partial charge is 0.498 e. The Morgan fingerprint density at radius 1 is 1.15 bits per heavy atom. The Bertz CT molecular complexity index is 429. The van der Waals surface area contributed by atoms with E-state index in [1.54, 1.807) is 38.5 Å². The molecular weight excluding hydrogens is 260 g/mol. The van der Waals surface area contributed by atoms with E-state index in [0.717, 1.165) is 5.56 Å². The van der Waals surface area contributed by atoms with Gasteiger partial charge < -0.3 is 24.1 Å². The maximum atomic E-state index is 8.81. The Labute approximate surface area is 119 Å². The zero-order chi connectivity index (χ0) is 14.8. The summed E-state index contributed by atoms with van der Waals surface area (Å²) in [6.07, 6.45) is 4.77. The second-order valence-corrected chi connectivity index (χ2v) is 3.73. The standard InChI is InChI=1S/C15H20O5/c1-4-19-8-9-20-15-13(17-2)10-12(6-5-7-16)11-14(15)18-3/h4-6,10-11,16H,1,7-9H2,2-3H3. The number of aliphatic hydroxyl groups excluding tert-OH is 1. The molecule has 110 valence electrons. The van der Waals surface area contributed by atoms with Gasteiger partial charge in [-0.25, -0.2) is 0 Å². The summed E-state index contributed by atoms with van der Waals surface area (Å²) >= 11 is 0. The van der Waals surface area contributed by atoms with Crippen LogP contribution in [0.3, 0.4) is 0 Å². The molecule has 0 aliphatic carbocycles. The summed E-state index contributed by atoms with van der Waals surface area (Å²) < 4.78 is 21.2. The lowest BCUT2D eigenvalue weighted by molar-refractivity contribution is 0.172. The molecule has 20 heavy (non-hydrogen) atoms. The summed E-state index contributed by atoms with van der Waals surface area (Å²) in [5.74, 6) is 1.63. The van der Waals surface area contributed by atoms with E-state index in [2.05, 4.69) is 6.58 Å². The van der Waals surface area contributed by atoms with Crippen LogP contribution in [0.25, 0.3) is 6.08 Å².